The second kappa shape index (κ2) is 10.9. The van der Waals surface area contributed by atoms with Crippen molar-refractivity contribution >= 4 is 43.6 Å². The van der Waals surface area contributed by atoms with Crippen molar-refractivity contribution in [2.75, 3.05) is 0 Å². The molecule has 9 aromatic rings. The molecule has 222 valence electrons. The van der Waals surface area contributed by atoms with Crippen LogP contribution in [-0.2, 0) is 0 Å². The summed E-state index contributed by atoms with van der Waals surface area (Å²) < 4.78 is 4.52. The Balaban J connectivity index is 1.32. The lowest BCUT2D eigenvalue weighted by Gasteiger charge is -2.13. The van der Waals surface area contributed by atoms with Crippen molar-refractivity contribution in [1.82, 2.24) is 9.13 Å². The second-order valence-corrected chi connectivity index (χ2v) is 12.0. The van der Waals surface area contributed by atoms with Crippen LogP contribution in [0.1, 0.15) is 11.1 Å². The molecule has 2 aromatic heterocycles. The van der Waals surface area contributed by atoms with Crippen molar-refractivity contribution in [3.63, 3.8) is 0 Å². The number of nitriles is 2. The highest BCUT2D eigenvalue weighted by Gasteiger charge is 2.20. The molecule has 0 spiro atoms. The van der Waals surface area contributed by atoms with Gasteiger partial charge in [-0.25, -0.2) is 0 Å². The monoisotopic (exact) mass is 610 g/mol. The van der Waals surface area contributed by atoms with Gasteiger partial charge in [0.15, 0.2) is 0 Å². The van der Waals surface area contributed by atoms with Crippen molar-refractivity contribution < 1.29 is 0 Å². The smallest absolute Gasteiger partial charge is 0.101 e. The van der Waals surface area contributed by atoms with E-state index >= 15 is 0 Å². The number of benzene rings is 7. The topological polar surface area (TPSA) is 57.4 Å². The molecule has 0 radical (unpaired) electrons. The fourth-order valence-corrected chi connectivity index (χ4v) is 7.35. The average molecular weight is 611 g/mol. The molecule has 0 fully saturated rings. The van der Waals surface area contributed by atoms with Gasteiger partial charge in [0, 0.05) is 32.8 Å². The minimum atomic E-state index is 0.593. The summed E-state index contributed by atoms with van der Waals surface area (Å²) >= 11 is 0. The number of nitrogens with zero attached hydrogens (tertiary/aromatic N) is 4. The molecular formula is C44H26N4. The van der Waals surface area contributed by atoms with Gasteiger partial charge in [0.05, 0.1) is 45.0 Å². The zero-order valence-corrected chi connectivity index (χ0v) is 25.8. The van der Waals surface area contributed by atoms with Crippen molar-refractivity contribution in [2.45, 2.75) is 0 Å². The zero-order chi connectivity index (χ0) is 32.2. The molecule has 0 amide bonds. The SMILES string of the molecule is N#Cc1ccc2c(c1)c1c(-c3cccc(-c4cccc5c6ccccc6n(-c6ccccc6)c45)c3)cccc1n2-c1ccccc1C#N. The lowest BCUT2D eigenvalue weighted by atomic mass is 9.94. The first-order valence-corrected chi connectivity index (χ1v) is 15.9. The molecule has 0 aliphatic rings. The van der Waals surface area contributed by atoms with E-state index in [0.29, 0.717) is 11.1 Å². The normalized spacial score (nSPS) is 11.3. The molecule has 48 heavy (non-hydrogen) atoms. The lowest BCUT2D eigenvalue weighted by Crippen LogP contribution is -1.97. The van der Waals surface area contributed by atoms with Crippen LogP contribution in [0.15, 0.2) is 158 Å². The maximum Gasteiger partial charge on any atom is 0.101 e. The van der Waals surface area contributed by atoms with E-state index in [0.717, 1.165) is 55.4 Å². The fourth-order valence-electron chi connectivity index (χ4n) is 7.35. The lowest BCUT2D eigenvalue weighted by molar-refractivity contribution is 1.17. The predicted octanol–water partition coefficient (Wildman–Crippen LogP) is 11.0. The third-order valence-corrected chi connectivity index (χ3v) is 9.38. The van der Waals surface area contributed by atoms with E-state index in [2.05, 4.69) is 137 Å². The standard InChI is InChI=1S/C44H26N4/c45-27-29-23-24-41-38(25-29)43-34(17-10-22-42(43)48(41)39-20-6-4-11-32(39)28-46)30-12-8-13-31(26-30)35-18-9-19-37-36-16-5-7-21-40(36)47(44(35)37)33-14-2-1-3-15-33/h1-26H. The Bertz CT molecular complexity index is 2800. The molecule has 0 saturated heterocycles. The van der Waals surface area contributed by atoms with Gasteiger partial charge < -0.3 is 9.13 Å². The Morgan fingerprint density at radius 3 is 1.96 bits per heavy atom. The summed E-state index contributed by atoms with van der Waals surface area (Å²) in [5, 5.41) is 24.3. The first kappa shape index (κ1) is 27.4. The molecule has 7 aromatic carbocycles. The minimum absolute atomic E-state index is 0.593. The molecular weight excluding hydrogens is 585 g/mol. The molecule has 0 unspecified atom stereocenters. The van der Waals surface area contributed by atoms with Crippen molar-refractivity contribution in [1.29, 1.82) is 10.5 Å². The molecule has 0 atom stereocenters. The molecule has 9 rings (SSSR count). The average Bonchev–Trinajstić information content (AvgIpc) is 3.68. The highest BCUT2D eigenvalue weighted by atomic mass is 15.0. The number of para-hydroxylation sites is 4. The van der Waals surface area contributed by atoms with Crippen LogP contribution in [0.25, 0.3) is 77.2 Å². The number of aromatic nitrogens is 2. The van der Waals surface area contributed by atoms with Gasteiger partial charge in [0.1, 0.15) is 6.07 Å². The number of rotatable bonds is 4. The highest BCUT2D eigenvalue weighted by Crippen LogP contribution is 2.42. The highest BCUT2D eigenvalue weighted by molar-refractivity contribution is 6.17. The maximum atomic E-state index is 10.0. The van der Waals surface area contributed by atoms with E-state index in [9.17, 15) is 10.5 Å². The molecule has 0 aliphatic carbocycles. The van der Waals surface area contributed by atoms with Crippen molar-refractivity contribution in [3.8, 4) is 45.8 Å². The number of fused-ring (bicyclic) bond motifs is 6. The Morgan fingerprint density at radius 2 is 1.10 bits per heavy atom. The summed E-state index contributed by atoms with van der Waals surface area (Å²) in [7, 11) is 0. The van der Waals surface area contributed by atoms with Crippen molar-refractivity contribution in [2.24, 2.45) is 0 Å². The van der Waals surface area contributed by atoms with Crippen LogP contribution in [-0.4, -0.2) is 9.13 Å². The van der Waals surface area contributed by atoms with Gasteiger partial charge in [-0.2, -0.15) is 10.5 Å². The van der Waals surface area contributed by atoms with E-state index in [1.807, 2.05) is 42.5 Å². The molecule has 0 saturated carbocycles. The summed E-state index contributed by atoms with van der Waals surface area (Å²) in [6.07, 6.45) is 0. The fraction of sp³-hybridized carbons (Fsp3) is 0. The van der Waals surface area contributed by atoms with E-state index < -0.39 is 0 Å². The van der Waals surface area contributed by atoms with Crippen LogP contribution in [0.5, 0.6) is 0 Å². The molecule has 2 heterocycles. The van der Waals surface area contributed by atoms with Crippen LogP contribution in [0.3, 0.4) is 0 Å². The predicted molar refractivity (Wildman–Crippen MR) is 195 cm³/mol. The maximum absolute atomic E-state index is 10.0. The Morgan fingerprint density at radius 1 is 0.438 bits per heavy atom. The van der Waals surface area contributed by atoms with E-state index in [-0.39, 0.29) is 0 Å². The van der Waals surface area contributed by atoms with Crippen LogP contribution in [0.4, 0.5) is 0 Å². The summed E-state index contributed by atoms with van der Waals surface area (Å²) in [5.41, 5.74) is 11.8. The van der Waals surface area contributed by atoms with E-state index in [1.54, 1.807) is 0 Å². The van der Waals surface area contributed by atoms with E-state index in [4.69, 9.17) is 0 Å². The zero-order valence-electron chi connectivity index (χ0n) is 25.8. The summed E-state index contributed by atoms with van der Waals surface area (Å²) in [5.74, 6) is 0. The van der Waals surface area contributed by atoms with Crippen LogP contribution in [0.2, 0.25) is 0 Å². The Labute approximate surface area is 277 Å². The van der Waals surface area contributed by atoms with Gasteiger partial charge in [-0.3, -0.25) is 0 Å². The van der Waals surface area contributed by atoms with Gasteiger partial charge in [-0.1, -0.05) is 97.1 Å². The number of hydrogen-bond donors (Lipinski definition) is 0. The van der Waals surface area contributed by atoms with Gasteiger partial charge >= 0.3 is 0 Å². The first-order chi connectivity index (χ1) is 23.7. The number of hydrogen-bond acceptors (Lipinski definition) is 2. The van der Waals surface area contributed by atoms with Crippen molar-refractivity contribution in [3.05, 3.63) is 169 Å². The molecule has 4 nitrogen and oxygen atoms in total. The second-order valence-electron chi connectivity index (χ2n) is 12.0. The molecule has 0 bridgehead atoms. The van der Waals surface area contributed by atoms with Gasteiger partial charge in [-0.05, 0) is 77.4 Å². The molecule has 0 N–H and O–H groups in total. The van der Waals surface area contributed by atoms with Crippen LogP contribution in [0, 0.1) is 22.7 Å². The van der Waals surface area contributed by atoms with E-state index in [1.165, 1.54) is 21.8 Å². The molecule has 0 aliphatic heterocycles. The Kier molecular flexibility index (Phi) is 6.22. The van der Waals surface area contributed by atoms with Gasteiger partial charge in [-0.15, -0.1) is 0 Å². The summed E-state index contributed by atoms with van der Waals surface area (Å²) in [6, 6.07) is 59.0. The van der Waals surface area contributed by atoms with Gasteiger partial charge in [0.2, 0.25) is 0 Å². The summed E-state index contributed by atoms with van der Waals surface area (Å²) in [4.78, 5) is 0. The first-order valence-electron chi connectivity index (χ1n) is 15.9. The largest absolute Gasteiger partial charge is 0.309 e. The quantitative estimate of drug-likeness (QED) is 0.199. The summed E-state index contributed by atoms with van der Waals surface area (Å²) in [6.45, 7) is 0. The minimum Gasteiger partial charge on any atom is -0.309 e. The van der Waals surface area contributed by atoms with Crippen LogP contribution < -0.4 is 0 Å². The third-order valence-electron chi connectivity index (χ3n) is 9.38. The Hall–Kier alpha value is -6.88. The molecule has 4 heteroatoms. The van der Waals surface area contributed by atoms with Crippen LogP contribution >= 0.6 is 0 Å². The van der Waals surface area contributed by atoms with Gasteiger partial charge in [0.25, 0.3) is 0 Å². The third kappa shape index (κ3) is 4.07.